The van der Waals surface area contributed by atoms with Gasteiger partial charge in [0.1, 0.15) is 12.6 Å². The van der Waals surface area contributed by atoms with E-state index in [1.165, 1.54) is 12.0 Å². The summed E-state index contributed by atoms with van der Waals surface area (Å²) in [6.07, 6.45) is 10.3. The molecule has 38 heavy (non-hydrogen) atoms. The van der Waals surface area contributed by atoms with Crippen LogP contribution in [0.2, 0.25) is 0 Å². The van der Waals surface area contributed by atoms with Crippen LogP contribution < -0.4 is 5.73 Å². The third-order valence-electron chi connectivity index (χ3n) is 9.39. The molecule has 4 atom stereocenters. The van der Waals surface area contributed by atoms with Gasteiger partial charge in [-0.15, -0.1) is 0 Å². The van der Waals surface area contributed by atoms with Crippen LogP contribution in [-0.2, 0) is 14.3 Å². The monoisotopic (exact) mass is 541 g/mol. The molecule has 2 N–H and O–H groups in total. The van der Waals surface area contributed by atoms with Crippen LogP contribution in [-0.4, -0.2) is 83.8 Å². The Hall–Kier alpha value is -1.90. The standard InChI is InChI=1S/C30H43N3O4S/c1-3-13-32-14-11-19(12-15-32)21-9-10-22(29(31)35)23(16-21)26(20-7-5-4-6-8-20)30(36)33-17-25(38-2)28-27(33)24(34)18-37-28/h9-10,16,19-20,25-28H,3-8,11-15,17-18H2,1-2H3,(H2,31,35)/t25-,26-,27+,28+/m0/s1. The minimum absolute atomic E-state index is 0.00925. The Labute approximate surface area is 231 Å². The molecule has 1 aliphatic carbocycles. The average molecular weight is 542 g/mol. The zero-order valence-corrected chi connectivity index (χ0v) is 23.7. The molecule has 7 nitrogen and oxygen atoms in total. The molecule has 0 radical (unpaired) electrons. The molecule has 4 fully saturated rings. The topological polar surface area (TPSA) is 92.9 Å². The Balaban J connectivity index is 1.50. The number of Topliss-reactive ketones (excluding diaryl/α,β-unsaturated/α-hetero) is 1. The Morgan fingerprint density at radius 2 is 1.87 bits per heavy atom. The highest BCUT2D eigenvalue weighted by Gasteiger charge is 2.53. The van der Waals surface area contributed by atoms with Gasteiger partial charge in [0.15, 0.2) is 5.78 Å². The summed E-state index contributed by atoms with van der Waals surface area (Å²) in [7, 11) is 0. The van der Waals surface area contributed by atoms with Gasteiger partial charge in [-0.05, 0) is 87.0 Å². The number of benzene rings is 1. The first kappa shape index (κ1) is 27.7. The molecule has 0 bridgehead atoms. The van der Waals surface area contributed by atoms with Crippen molar-refractivity contribution in [1.82, 2.24) is 9.80 Å². The molecular weight excluding hydrogens is 498 g/mol. The summed E-state index contributed by atoms with van der Waals surface area (Å²) < 4.78 is 5.85. The van der Waals surface area contributed by atoms with Crippen molar-refractivity contribution in [2.45, 2.75) is 87.5 Å². The number of primary amides is 1. The second kappa shape index (κ2) is 12.1. The van der Waals surface area contributed by atoms with Crippen molar-refractivity contribution in [1.29, 1.82) is 0 Å². The molecule has 3 heterocycles. The number of thioether (sulfide) groups is 1. The number of nitrogens with zero attached hydrogens (tertiary/aromatic N) is 2. The third kappa shape index (κ3) is 5.41. The highest BCUT2D eigenvalue weighted by Crippen LogP contribution is 2.43. The number of fused-ring (bicyclic) bond motifs is 1. The van der Waals surface area contributed by atoms with Crippen molar-refractivity contribution in [2.75, 3.05) is 39.0 Å². The second-order valence-electron chi connectivity index (χ2n) is 11.7. The van der Waals surface area contributed by atoms with E-state index in [2.05, 4.69) is 24.0 Å². The van der Waals surface area contributed by atoms with Crippen molar-refractivity contribution < 1.29 is 19.1 Å². The van der Waals surface area contributed by atoms with Crippen LogP contribution in [0.1, 0.15) is 91.6 Å². The maximum absolute atomic E-state index is 14.5. The normalized spacial score (nSPS) is 28.0. The molecule has 4 aliphatic rings. The van der Waals surface area contributed by atoms with E-state index in [4.69, 9.17) is 10.5 Å². The Bertz CT molecular complexity index is 1030. The van der Waals surface area contributed by atoms with Gasteiger partial charge < -0.3 is 20.3 Å². The summed E-state index contributed by atoms with van der Waals surface area (Å²) in [5.41, 5.74) is 8.35. The smallest absolute Gasteiger partial charge is 0.249 e. The van der Waals surface area contributed by atoms with E-state index in [9.17, 15) is 14.4 Å². The summed E-state index contributed by atoms with van der Waals surface area (Å²) in [6, 6.07) is 5.52. The molecule has 1 aromatic carbocycles. The number of rotatable bonds is 8. The fourth-order valence-corrected chi connectivity index (χ4v) is 8.21. The van der Waals surface area contributed by atoms with Crippen LogP contribution in [0.15, 0.2) is 18.2 Å². The lowest BCUT2D eigenvalue weighted by molar-refractivity contribution is -0.139. The molecule has 208 valence electrons. The number of carbonyl (C=O) groups is 3. The minimum atomic E-state index is -0.519. The molecule has 2 amide bonds. The predicted molar refractivity (Wildman–Crippen MR) is 151 cm³/mol. The second-order valence-corrected chi connectivity index (χ2v) is 12.7. The first-order valence-electron chi connectivity index (χ1n) is 14.6. The van der Waals surface area contributed by atoms with Gasteiger partial charge in [0, 0.05) is 12.1 Å². The summed E-state index contributed by atoms with van der Waals surface area (Å²) in [4.78, 5) is 44.4. The fourth-order valence-electron chi connectivity index (χ4n) is 7.40. The van der Waals surface area contributed by atoms with Crippen molar-refractivity contribution in [3.8, 4) is 0 Å². The lowest BCUT2D eigenvalue weighted by Gasteiger charge is -2.36. The predicted octanol–water partition coefficient (Wildman–Crippen LogP) is 3.95. The molecular formula is C30H43N3O4S. The lowest BCUT2D eigenvalue weighted by Crippen LogP contribution is -2.46. The van der Waals surface area contributed by atoms with Gasteiger partial charge >= 0.3 is 0 Å². The number of amides is 2. The van der Waals surface area contributed by atoms with Crippen molar-refractivity contribution in [3.05, 3.63) is 34.9 Å². The molecule has 1 saturated carbocycles. The van der Waals surface area contributed by atoms with E-state index in [1.54, 1.807) is 16.7 Å². The van der Waals surface area contributed by atoms with Gasteiger partial charge in [0.05, 0.1) is 17.3 Å². The highest BCUT2D eigenvalue weighted by atomic mass is 32.2. The summed E-state index contributed by atoms with van der Waals surface area (Å²) >= 11 is 1.66. The summed E-state index contributed by atoms with van der Waals surface area (Å²) in [5, 5.41) is 0.0812. The maximum Gasteiger partial charge on any atom is 0.249 e. The van der Waals surface area contributed by atoms with Crippen molar-refractivity contribution in [3.63, 3.8) is 0 Å². The Kier molecular flexibility index (Phi) is 8.80. The number of carbonyl (C=O) groups excluding carboxylic acids is 3. The van der Waals surface area contributed by atoms with Gasteiger partial charge in [-0.2, -0.15) is 11.8 Å². The average Bonchev–Trinajstić information content (AvgIpc) is 3.50. The van der Waals surface area contributed by atoms with E-state index in [0.717, 1.165) is 70.1 Å². The van der Waals surface area contributed by atoms with E-state index in [1.807, 2.05) is 12.3 Å². The van der Waals surface area contributed by atoms with Gasteiger partial charge in [0.25, 0.3) is 0 Å². The first-order chi connectivity index (χ1) is 18.4. The van der Waals surface area contributed by atoms with Crippen LogP contribution >= 0.6 is 11.8 Å². The number of ether oxygens (including phenoxy) is 1. The van der Waals surface area contributed by atoms with Crippen molar-refractivity contribution in [2.24, 2.45) is 11.7 Å². The molecule has 0 unspecified atom stereocenters. The number of likely N-dealkylation sites (tertiary alicyclic amines) is 2. The molecule has 0 spiro atoms. The highest BCUT2D eigenvalue weighted by molar-refractivity contribution is 7.99. The van der Waals surface area contributed by atoms with Gasteiger partial charge in [-0.1, -0.05) is 38.3 Å². The van der Waals surface area contributed by atoms with Crippen LogP contribution in [0.4, 0.5) is 0 Å². The molecule has 3 saturated heterocycles. The zero-order chi connectivity index (χ0) is 26.8. The fraction of sp³-hybridized carbons (Fsp3) is 0.700. The molecule has 8 heteroatoms. The number of hydrogen-bond donors (Lipinski definition) is 1. The quantitative estimate of drug-likeness (QED) is 0.536. The number of hydrogen-bond acceptors (Lipinski definition) is 6. The zero-order valence-electron chi connectivity index (χ0n) is 22.9. The third-order valence-corrected chi connectivity index (χ3v) is 10.4. The lowest BCUT2D eigenvalue weighted by atomic mass is 9.73. The van der Waals surface area contributed by atoms with Crippen LogP contribution in [0.5, 0.6) is 0 Å². The molecule has 1 aromatic rings. The SMILES string of the molecule is CCCN1CCC(c2ccc(C(N)=O)c([C@@H](C(=O)N3C[C@H](SC)[C@H]4OCC(=O)[C@H]43)C3CCCCC3)c2)CC1. The largest absolute Gasteiger partial charge is 0.367 e. The van der Waals surface area contributed by atoms with E-state index < -0.39 is 17.9 Å². The van der Waals surface area contributed by atoms with Crippen LogP contribution in [0, 0.1) is 5.92 Å². The summed E-state index contributed by atoms with van der Waals surface area (Å²) in [6.45, 7) is 6.08. The Morgan fingerprint density at radius 1 is 1.13 bits per heavy atom. The van der Waals surface area contributed by atoms with Crippen LogP contribution in [0.3, 0.4) is 0 Å². The molecule has 0 aromatic heterocycles. The van der Waals surface area contributed by atoms with E-state index in [0.29, 0.717) is 18.0 Å². The van der Waals surface area contributed by atoms with E-state index in [-0.39, 0.29) is 35.6 Å². The summed E-state index contributed by atoms with van der Waals surface area (Å²) in [5.74, 6) is -0.440. The number of piperidine rings is 1. The number of ketones is 1. The Morgan fingerprint density at radius 3 is 2.53 bits per heavy atom. The van der Waals surface area contributed by atoms with Crippen molar-refractivity contribution >= 4 is 29.4 Å². The van der Waals surface area contributed by atoms with Gasteiger partial charge in [0.2, 0.25) is 11.8 Å². The van der Waals surface area contributed by atoms with E-state index >= 15 is 0 Å². The molecule has 5 rings (SSSR count). The van der Waals surface area contributed by atoms with Gasteiger partial charge in [-0.25, -0.2) is 0 Å². The maximum atomic E-state index is 14.5. The molecule has 3 aliphatic heterocycles. The minimum Gasteiger partial charge on any atom is -0.367 e. The van der Waals surface area contributed by atoms with Gasteiger partial charge in [-0.3, -0.25) is 14.4 Å². The number of nitrogens with two attached hydrogens (primary N) is 1. The van der Waals surface area contributed by atoms with Crippen LogP contribution in [0.25, 0.3) is 0 Å². The first-order valence-corrected chi connectivity index (χ1v) is 15.8.